The van der Waals surface area contributed by atoms with Gasteiger partial charge in [-0.2, -0.15) is 0 Å². The molecule has 0 aliphatic rings. The lowest BCUT2D eigenvalue weighted by Gasteiger charge is -2.16. The molecule has 1 aromatic carbocycles. The number of nitrogens with zero attached hydrogens (tertiary/aromatic N) is 1. The fourth-order valence-electron chi connectivity index (χ4n) is 2.15. The number of rotatable bonds is 6. The third kappa shape index (κ3) is 4.55. The Balaban J connectivity index is 2.07. The Morgan fingerprint density at radius 3 is 2.50 bits per heavy atom. The molecule has 0 aliphatic carbocycles. The molecule has 2 aromatic rings. The summed E-state index contributed by atoms with van der Waals surface area (Å²) in [6.45, 7) is 5.77. The Labute approximate surface area is 140 Å². The van der Waals surface area contributed by atoms with Crippen LogP contribution < -0.4 is 10.1 Å². The Morgan fingerprint density at radius 2 is 1.92 bits per heavy atom. The number of amides is 1. The number of carboxylic acids is 1. The first-order chi connectivity index (χ1) is 11.4. The van der Waals surface area contributed by atoms with E-state index in [0.717, 1.165) is 11.3 Å². The highest BCUT2D eigenvalue weighted by molar-refractivity contribution is 5.95. The number of aromatic nitrogens is 1. The van der Waals surface area contributed by atoms with Gasteiger partial charge in [0.05, 0.1) is 17.7 Å². The standard InChI is InChI=1S/C18H20N2O4/c1-11(2)24-15-6-4-5-13(9-15)12(3)20-17(21)14-7-8-16(18(22)23)19-10-14/h4-12H,1-3H3,(H,20,21)(H,22,23). The van der Waals surface area contributed by atoms with Crippen LogP contribution in [0.25, 0.3) is 0 Å². The third-order valence-corrected chi connectivity index (χ3v) is 3.32. The minimum Gasteiger partial charge on any atom is -0.491 e. The quantitative estimate of drug-likeness (QED) is 0.851. The second kappa shape index (κ2) is 7.59. The molecule has 24 heavy (non-hydrogen) atoms. The van der Waals surface area contributed by atoms with Gasteiger partial charge in [0.1, 0.15) is 11.4 Å². The van der Waals surface area contributed by atoms with Crippen LogP contribution in [-0.2, 0) is 0 Å². The SMILES string of the molecule is CC(C)Oc1cccc(C(C)NC(=O)c2ccc(C(=O)O)nc2)c1. The van der Waals surface area contributed by atoms with Crippen molar-refractivity contribution in [2.24, 2.45) is 0 Å². The lowest BCUT2D eigenvalue weighted by atomic mass is 10.1. The monoisotopic (exact) mass is 328 g/mol. The summed E-state index contributed by atoms with van der Waals surface area (Å²) < 4.78 is 5.65. The van der Waals surface area contributed by atoms with Crippen LogP contribution in [0.5, 0.6) is 5.75 Å². The summed E-state index contributed by atoms with van der Waals surface area (Å²) in [5.41, 5.74) is 1.12. The number of hydrogen-bond donors (Lipinski definition) is 2. The van der Waals surface area contributed by atoms with Crippen molar-refractivity contribution in [1.29, 1.82) is 0 Å². The van der Waals surface area contributed by atoms with Crippen molar-refractivity contribution in [2.75, 3.05) is 0 Å². The van der Waals surface area contributed by atoms with E-state index >= 15 is 0 Å². The topological polar surface area (TPSA) is 88.5 Å². The van der Waals surface area contributed by atoms with E-state index in [1.165, 1.54) is 18.3 Å². The molecular weight excluding hydrogens is 308 g/mol. The van der Waals surface area contributed by atoms with E-state index in [2.05, 4.69) is 10.3 Å². The maximum absolute atomic E-state index is 12.2. The van der Waals surface area contributed by atoms with Gasteiger partial charge in [0.15, 0.2) is 0 Å². The molecule has 1 heterocycles. The van der Waals surface area contributed by atoms with Crippen molar-refractivity contribution in [1.82, 2.24) is 10.3 Å². The Bertz CT molecular complexity index is 726. The molecule has 2 N–H and O–H groups in total. The van der Waals surface area contributed by atoms with Crippen molar-refractivity contribution in [3.63, 3.8) is 0 Å². The lowest BCUT2D eigenvalue weighted by Crippen LogP contribution is -2.26. The number of ether oxygens (including phenoxy) is 1. The lowest BCUT2D eigenvalue weighted by molar-refractivity contribution is 0.0689. The second-order valence-electron chi connectivity index (χ2n) is 5.67. The third-order valence-electron chi connectivity index (χ3n) is 3.32. The number of benzene rings is 1. The first kappa shape index (κ1) is 17.5. The zero-order chi connectivity index (χ0) is 17.7. The number of carbonyl (C=O) groups is 2. The summed E-state index contributed by atoms with van der Waals surface area (Å²) in [5.74, 6) is -0.699. The molecule has 0 radical (unpaired) electrons. The number of nitrogens with one attached hydrogen (secondary N) is 1. The predicted molar refractivity (Wildman–Crippen MR) is 89.3 cm³/mol. The molecule has 6 nitrogen and oxygen atoms in total. The van der Waals surface area contributed by atoms with Crippen LogP contribution in [-0.4, -0.2) is 28.1 Å². The van der Waals surface area contributed by atoms with Gasteiger partial charge in [-0.1, -0.05) is 12.1 Å². The summed E-state index contributed by atoms with van der Waals surface area (Å²) in [6, 6.07) is 10.1. The maximum atomic E-state index is 12.2. The molecule has 0 spiro atoms. The molecule has 1 unspecified atom stereocenters. The molecule has 1 atom stereocenters. The summed E-state index contributed by atoms with van der Waals surface area (Å²) in [5, 5.41) is 11.7. The zero-order valence-electron chi connectivity index (χ0n) is 13.8. The minimum absolute atomic E-state index is 0.0731. The van der Waals surface area contributed by atoms with Crippen LogP contribution in [0.4, 0.5) is 0 Å². The molecule has 1 amide bonds. The largest absolute Gasteiger partial charge is 0.491 e. The predicted octanol–water partition coefficient (Wildman–Crippen LogP) is 3.06. The highest BCUT2D eigenvalue weighted by atomic mass is 16.5. The second-order valence-corrected chi connectivity index (χ2v) is 5.67. The minimum atomic E-state index is -1.13. The zero-order valence-corrected chi connectivity index (χ0v) is 13.8. The van der Waals surface area contributed by atoms with Gasteiger partial charge in [0.2, 0.25) is 0 Å². The van der Waals surface area contributed by atoms with Crippen molar-refractivity contribution in [2.45, 2.75) is 32.9 Å². The molecule has 6 heteroatoms. The van der Waals surface area contributed by atoms with E-state index in [1.54, 1.807) is 0 Å². The molecule has 2 rings (SSSR count). The van der Waals surface area contributed by atoms with Gasteiger partial charge in [0.25, 0.3) is 5.91 Å². The number of carboxylic acid groups (broad SMARTS) is 1. The maximum Gasteiger partial charge on any atom is 0.354 e. The number of carbonyl (C=O) groups excluding carboxylic acids is 1. The Morgan fingerprint density at radius 1 is 1.17 bits per heavy atom. The summed E-state index contributed by atoms with van der Waals surface area (Å²) in [6.07, 6.45) is 1.33. The van der Waals surface area contributed by atoms with Gasteiger partial charge in [0, 0.05) is 6.20 Å². The van der Waals surface area contributed by atoms with Gasteiger partial charge < -0.3 is 15.2 Å². The van der Waals surface area contributed by atoms with E-state index in [9.17, 15) is 9.59 Å². The van der Waals surface area contributed by atoms with Crippen molar-refractivity contribution in [3.8, 4) is 5.75 Å². The highest BCUT2D eigenvalue weighted by Crippen LogP contribution is 2.20. The number of hydrogen-bond acceptors (Lipinski definition) is 4. The molecule has 0 saturated heterocycles. The first-order valence-electron chi connectivity index (χ1n) is 7.63. The van der Waals surface area contributed by atoms with Crippen LogP contribution in [0.2, 0.25) is 0 Å². The summed E-state index contributed by atoms with van der Waals surface area (Å²) >= 11 is 0. The summed E-state index contributed by atoms with van der Waals surface area (Å²) in [7, 11) is 0. The van der Waals surface area contributed by atoms with Gasteiger partial charge in [-0.25, -0.2) is 9.78 Å². The van der Waals surface area contributed by atoms with Crippen LogP contribution in [0.15, 0.2) is 42.6 Å². The Hall–Kier alpha value is -2.89. The molecular formula is C18H20N2O4. The Kier molecular flexibility index (Phi) is 5.52. The van der Waals surface area contributed by atoms with E-state index < -0.39 is 5.97 Å². The van der Waals surface area contributed by atoms with Gasteiger partial charge in [-0.3, -0.25) is 4.79 Å². The van der Waals surface area contributed by atoms with Crippen LogP contribution in [0, 0.1) is 0 Å². The fraction of sp³-hybridized carbons (Fsp3) is 0.278. The molecule has 1 aromatic heterocycles. The number of pyridine rings is 1. The molecule has 0 fully saturated rings. The highest BCUT2D eigenvalue weighted by Gasteiger charge is 2.13. The number of aromatic carboxylic acids is 1. The molecule has 0 bridgehead atoms. The first-order valence-corrected chi connectivity index (χ1v) is 7.63. The van der Waals surface area contributed by atoms with E-state index in [1.807, 2.05) is 45.0 Å². The smallest absolute Gasteiger partial charge is 0.354 e. The van der Waals surface area contributed by atoms with E-state index in [-0.39, 0.29) is 23.7 Å². The average molecular weight is 328 g/mol. The van der Waals surface area contributed by atoms with Crippen molar-refractivity contribution >= 4 is 11.9 Å². The van der Waals surface area contributed by atoms with Gasteiger partial charge >= 0.3 is 5.97 Å². The molecule has 0 aliphatic heterocycles. The fourth-order valence-corrected chi connectivity index (χ4v) is 2.15. The van der Waals surface area contributed by atoms with E-state index in [0.29, 0.717) is 5.56 Å². The van der Waals surface area contributed by atoms with Gasteiger partial charge in [-0.05, 0) is 50.6 Å². The summed E-state index contributed by atoms with van der Waals surface area (Å²) in [4.78, 5) is 26.8. The van der Waals surface area contributed by atoms with Crippen LogP contribution in [0.3, 0.4) is 0 Å². The molecule has 0 saturated carbocycles. The molecule has 126 valence electrons. The van der Waals surface area contributed by atoms with Gasteiger partial charge in [-0.15, -0.1) is 0 Å². The van der Waals surface area contributed by atoms with Crippen molar-refractivity contribution < 1.29 is 19.4 Å². The normalized spacial score (nSPS) is 11.8. The van der Waals surface area contributed by atoms with Crippen LogP contribution >= 0.6 is 0 Å². The van der Waals surface area contributed by atoms with Crippen LogP contribution in [0.1, 0.15) is 53.2 Å². The van der Waals surface area contributed by atoms with Crippen molar-refractivity contribution in [3.05, 3.63) is 59.4 Å². The van der Waals surface area contributed by atoms with E-state index in [4.69, 9.17) is 9.84 Å². The average Bonchev–Trinajstić information content (AvgIpc) is 2.54.